The van der Waals surface area contributed by atoms with E-state index in [1.165, 1.54) is 11.3 Å². The molecule has 0 aliphatic heterocycles. The van der Waals surface area contributed by atoms with Crippen molar-refractivity contribution in [2.45, 2.75) is 32.6 Å². The fourth-order valence-corrected chi connectivity index (χ4v) is 1.82. The summed E-state index contributed by atoms with van der Waals surface area (Å²) in [6, 6.07) is 12.7. The van der Waals surface area contributed by atoms with Crippen molar-refractivity contribution >= 4 is 5.69 Å². The lowest BCUT2D eigenvalue weighted by Gasteiger charge is -2.24. The van der Waals surface area contributed by atoms with Gasteiger partial charge in [-0.25, -0.2) is 0 Å². The van der Waals surface area contributed by atoms with Crippen molar-refractivity contribution in [1.82, 2.24) is 0 Å². The second kappa shape index (κ2) is 8.14. The van der Waals surface area contributed by atoms with Crippen molar-refractivity contribution in [2.24, 2.45) is 0 Å². The Kier molecular flexibility index (Phi) is 6.36. The molecular weight excluding hydrogens is 222 g/mol. The van der Waals surface area contributed by atoms with Gasteiger partial charge in [0.25, 0.3) is 0 Å². The number of hydrogen-bond acceptors (Lipinski definition) is 3. The Bertz CT molecular complexity index is 403. The predicted molar refractivity (Wildman–Crippen MR) is 73.1 cm³/mol. The van der Waals surface area contributed by atoms with Crippen molar-refractivity contribution in [3.63, 3.8) is 0 Å². The van der Waals surface area contributed by atoms with Gasteiger partial charge in [-0.2, -0.15) is 10.5 Å². The van der Waals surface area contributed by atoms with Crippen LogP contribution in [0, 0.1) is 29.6 Å². The minimum atomic E-state index is 0.584. The maximum absolute atomic E-state index is 8.59. The van der Waals surface area contributed by atoms with E-state index in [2.05, 4.69) is 48.2 Å². The molecule has 0 heterocycles. The van der Waals surface area contributed by atoms with Crippen LogP contribution >= 0.6 is 0 Å². The van der Waals surface area contributed by atoms with E-state index in [0.29, 0.717) is 12.8 Å². The van der Waals surface area contributed by atoms with E-state index in [9.17, 15) is 0 Å². The molecule has 0 bridgehead atoms. The van der Waals surface area contributed by atoms with Crippen LogP contribution in [0.2, 0.25) is 0 Å². The molecule has 0 saturated carbocycles. The largest absolute Gasteiger partial charge is 0.371 e. The van der Waals surface area contributed by atoms with Gasteiger partial charge in [-0.15, -0.1) is 0 Å². The molecule has 3 heteroatoms. The number of hydrogen-bond donors (Lipinski definition) is 0. The van der Waals surface area contributed by atoms with Crippen molar-refractivity contribution in [1.29, 1.82) is 10.5 Å². The lowest BCUT2D eigenvalue weighted by atomic mass is 10.2. The number of benzene rings is 1. The smallest absolute Gasteiger partial charge is 0.0622 e. The third kappa shape index (κ3) is 4.89. The van der Waals surface area contributed by atoms with Crippen molar-refractivity contribution in [3.8, 4) is 12.1 Å². The number of rotatable bonds is 7. The predicted octanol–water partition coefficient (Wildman–Crippen LogP) is 3.41. The van der Waals surface area contributed by atoms with E-state index in [-0.39, 0.29) is 0 Å². The number of aryl methyl sites for hydroxylation is 1. The quantitative estimate of drug-likeness (QED) is 0.687. The summed E-state index contributed by atoms with van der Waals surface area (Å²) in [5.74, 6) is 0. The molecule has 0 aliphatic rings. The lowest BCUT2D eigenvalue weighted by Crippen LogP contribution is -2.25. The summed E-state index contributed by atoms with van der Waals surface area (Å²) < 4.78 is 0. The second-order valence-corrected chi connectivity index (χ2v) is 4.35. The van der Waals surface area contributed by atoms with Crippen LogP contribution in [0.5, 0.6) is 0 Å². The Morgan fingerprint density at radius 2 is 1.44 bits per heavy atom. The zero-order valence-electron chi connectivity index (χ0n) is 10.9. The van der Waals surface area contributed by atoms with Gasteiger partial charge in [-0.1, -0.05) is 17.7 Å². The average molecular weight is 241 g/mol. The van der Waals surface area contributed by atoms with Crippen LogP contribution in [0.1, 0.15) is 31.2 Å². The Hall–Kier alpha value is -2.00. The van der Waals surface area contributed by atoms with Gasteiger partial charge in [0.1, 0.15) is 0 Å². The molecular formula is C15H19N3. The summed E-state index contributed by atoms with van der Waals surface area (Å²) in [5.41, 5.74) is 2.42. The highest BCUT2D eigenvalue weighted by atomic mass is 15.1. The van der Waals surface area contributed by atoms with Gasteiger partial charge in [0.2, 0.25) is 0 Å². The summed E-state index contributed by atoms with van der Waals surface area (Å²) in [4.78, 5) is 2.26. The van der Waals surface area contributed by atoms with Crippen molar-refractivity contribution < 1.29 is 0 Å². The maximum atomic E-state index is 8.59. The van der Waals surface area contributed by atoms with Crippen molar-refractivity contribution in [2.75, 3.05) is 18.0 Å². The fraction of sp³-hybridized carbons (Fsp3) is 0.467. The first-order valence-corrected chi connectivity index (χ1v) is 6.33. The molecule has 0 aliphatic carbocycles. The topological polar surface area (TPSA) is 50.8 Å². The first kappa shape index (κ1) is 14.1. The van der Waals surface area contributed by atoms with Gasteiger partial charge in [0.15, 0.2) is 0 Å². The minimum absolute atomic E-state index is 0.584. The normalized spacial score (nSPS) is 9.50. The third-order valence-electron chi connectivity index (χ3n) is 2.83. The van der Waals surface area contributed by atoms with Crippen molar-refractivity contribution in [3.05, 3.63) is 29.8 Å². The molecule has 0 saturated heterocycles. The van der Waals surface area contributed by atoms with Gasteiger partial charge >= 0.3 is 0 Å². The summed E-state index contributed by atoms with van der Waals surface area (Å²) in [5, 5.41) is 17.2. The zero-order chi connectivity index (χ0) is 13.2. The summed E-state index contributed by atoms with van der Waals surface area (Å²) in [6.45, 7) is 3.82. The van der Waals surface area contributed by atoms with Gasteiger partial charge in [0.05, 0.1) is 12.1 Å². The van der Waals surface area contributed by atoms with E-state index in [0.717, 1.165) is 25.9 Å². The van der Waals surface area contributed by atoms with Crippen LogP contribution in [0.25, 0.3) is 0 Å². The second-order valence-electron chi connectivity index (χ2n) is 4.35. The summed E-state index contributed by atoms with van der Waals surface area (Å²) in [7, 11) is 0. The van der Waals surface area contributed by atoms with Crippen LogP contribution in [0.3, 0.4) is 0 Å². The van der Waals surface area contributed by atoms with E-state index in [1.54, 1.807) is 0 Å². The van der Waals surface area contributed by atoms with Crippen LogP contribution in [-0.2, 0) is 0 Å². The molecule has 0 fully saturated rings. The molecule has 0 amide bonds. The Morgan fingerprint density at radius 1 is 0.944 bits per heavy atom. The van der Waals surface area contributed by atoms with Gasteiger partial charge in [0, 0.05) is 31.6 Å². The molecule has 0 atom stereocenters. The number of nitriles is 2. The zero-order valence-corrected chi connectivity index (χ0v) is 10.9. The van der Waals surface area contributed by atoms with Gasteiger partial charge in [-0.05, 0) is 31.9 Å². The number of nitrogens with zero attached hydrogens (tertiary/aromatic N) is 3. The fourth-order valence-electron chi connectivity index (χ4n) is 1.82. The standard InChI is InChI=1S/C15H19N3/c1-14-6-8-15(9-7-14)18(12-4-2-10-16)13-5-3-11-17/h6-9H,2-5,12-13H2,1H3. The molecule has 1 aromatic rings. The average Bonchev–Trinajstić information content (AvgIpc) is 2.38. The highest BCUT2D eigenvalue weighted by Crippen LogP contribution is 2.16. The van der Waals surface area contributed by atoms with E-state index in [1.807, 2.05) is 0 Å². The maximum Gasteiger partial charge on any atom is 0.0622 e. The van der Waals surface area contributed by atoms with Gasteiger partial charge < -0.3 is 4.90 Å². The molecule has 94 valence electrons. The lowest BCUT2D eigenvalue weighted by molar-refractivity contribution is 0.708. The Labute approximate surface area is 109 Å². The Morgan fingerprint density at radius 3 is 1.89 bits per heavy atom. The molecule has 3 nitrogen and oxygen atoms in total. The SMILES string of the molecule is Cc1ccc(N(CCCC#N)CCCC#N)cc1. The third-order valence-corrected chi connectivity index (χ3v) is 2.83. The molecule has 1 aromatic carbocycles. The molecule has 0 aromatic heterocycles. The summed E-state index contributed by atoms with van der Waals surface area (Å²) in [6.07, 6.45) is 2.91. The van der Waals surface area contributed by atoms with Gasteiger partial charge in [-0.3, -0.25) is 0 Å². The molecule has 0 spiro atoms. The van der Waals surface area contributed by atoms with E-state index in [4.69, 9.17) is 10.5 Å². The first-order chi connectivity index (χ1) is 8.77. The number of anilines is 1. The molecule has 18 heavy (non-hydrogen) atoms. The molecule has 1 rings (SSSR count). The minimum Gasteiger partial charge on any atom is -0.371 e. The van der Waals surface area contributed by atoms with Crippen LogP contribution in [0.15, 0.2) is 24.3 Å². The van der Waals surface area contributed by atoms with Crippen LogP contribution in [0.4, 0.5) is 5.69 Å². The molecule has 0 N–H and O–H groups in total. The highest BCUT2D eigenvalue weighted by Gasteiger charge is 2.05. The monoisotopic (exact) mass is 241 g/mol. The van der Waals surface area contributed by atoms with Crippen LogP contribution in [-0.4, -0.2) is 13.1 Å². The molecule has 0 unspecified atom stereocenters. The Balaban J connectivity index is 2.61. The van der Waals surface area contributed by atoms with E-state index < -0.39 is 0 Å². The van der Waals surface area contributed by atoms with Crippen LogP contribution < -0.4 is 4.90 Å². The van der Waals surface area contributed by atoms with E-state index >= 15 is 0 Å². The summed E-state index contributed by atoms with van der Waals surface area (Å²) >= 11 is 0. The first-order valence-electron chi connectivity index (χ1n) is 6.33. The molecule has 0 radical (unpaired) electrons. The number of unbranched alkanes of at least 4 members (excludes halogenated alkanes) is 2. The highest BCUT2D eigenvalue weighted by molar-refractivity contribution is 5.47.